The molecule has 0 aromatic heterocycles. The second kappa shape index (κ2) is 8.86. The van der Waals surface area contributed by atoms with E-state index >= 15 is 0 Å². The third-order valence-electron chi connectivity index (χ3n) is 3.52. The highest BCUT2D eigenvalue weighted by atomic mass is 35.5. The lowest BCUT2D eigenvalue weighted by Gasteiger charge is -2.07. The summed E-state index contributed by atoms with van der Waals surface area (Å²) in [6.07, 6.45) is 1.02. The molecule has 0 saturated carbocycles. The number of benzene rings is 2. The zero-order chi connectivity index (χ0) is 20.0. The van der Waals surface area contributed by atoms with Crippen LogP contribution in [0.5, 0.6) is 17.2 Å². The van der Waals surface area contributed by atoms with Crippen LogP contribution in [0.25, 0.3) is 0 Å². The van der Waals surface area contributed by atoms with E-state index in [2.05, 4.69) is 10.5 Å². The molecule has 27 heavy (non-hydrogen) atoms. The smallest absolute Gasteiger partial charge is 0.274 e. The van der Waals surface area contributed by atoms with Gasteiger partial charge in [-0.3, -0.25) is 14.9 Å². The molecule has 0 aliphatic heterocycles. The fourth-order valence-corrected chi connectivity index (χ4v) is 2.36. The fraction of sp³-hybridized carbons (Fsp3) is 0.176. The molecule has 2 rings (SSSR count). The van der Waals surface area contributed by atoms with Gasteiger partial charge in [-0.05, 0) is 23.8 Å². The van der Waals surface area contributed by atoms with E-state index in [4.69, 9.17) is 21.1 Å². The molecule has 0 aliphatic rings. The maximum atomic E-state index is 12.0. The minimum absolute atomic E-state index is 0.0146. The number of non-ortho nitro benzene ring substituents is 1. The topological polar surface area (TPSA) is 123 Å². The van der Waals surface area contributed by atoms with Crippen molar-refractivity contribution in [2.24, 2.45) is 5.10 Å². The molecule has 0 radical (unpaired) electrons. The average molecular weight is 394 g/mol. The van der Waals surface area contributed by atoms with Crippen LogP contribution in [-0.2, 0) is 11.2 Å². The zero-order valence-electron chi connectivity index (χ0n) is 14.4. The van der Waals surface area contributed by atoms with E-state index in [0.717, 1.165) is 18.3 Å². The first kappa shape index (κ1) is 20.0. The number of carbonyl (C=O) groups is 1. The van der Waals surface area contributed by atoms with Gasteiger partial charge in [0.15, 0.2) is 11.5 Å². The summed E-state index contributed by atoms with van der Waals surface area (Å²) in [4.78, 5) is 22.3. The fourth-order valence-electron chi connectivity index (χ4n) is 2.17. The van der Waals surface area contributed by atoms with E-state index in [9.17, 15) is 20.0 Å². The highest BCUT2D eigenvalue weighted by Gasteiger charge is 2.16. The predicted molar refractivity (Wildman–Crippen MR) is 98.8 cm³/mol. The molecule has 0 heterocycles. The van der Waals surface area contributed by atoms with Gasteiger partial charge in [0.2, 0.25) is 5.91 Å². The summed E-state index contributed by atoms with van der Waals surface area (Å²) in [5.74, 6) is -0.338. The number of amides is 1. The van der Waals surface area contributed by atoms with Crippen molar-refractivity contribution in [2.45, 2.75) is 6.42 Å². The number of rotatable bonds is 7. The van der Waals surface area contributed by atoms with Gasteiger partial charge in [-0.25, -0.2) is 5.43 Å². The van der Waals surface area contributed by atoms with Crippen molar-refractivity contribution < 1.29 is 24.3 Å². The number of nitro benzene ring substituents is 1. The number of carbonyl (C=O) groups excluding carboxylic acids is 1. The molecule has 0 saturated heterocycles. The second-order valence-corrected chi connectivity index (χ2v) is 5.68. The Bertz CT molecular complexity index is 900. The number of phenolic OH excluding ortho intramolecular Hbond substituents is 1. The van der Waals surface area contributed by atoms with Gasteiger partial charge < -0.3 is 14.6 Å². The Morgan fingerprint density at radius 2 is 2.07 bits per heavy atom. The van der Waals surface area contributed by atoms with E-state index in [-0.39, 0.29) is 29.2 Å². The number of methoxy groups -OCH3 is 2. The molecule has 0 atom stereocenters. The Balaban J connectivity index is 2.12. The summed E-state index contributed by atoms with van der Waals surface area (Å²) < 4.78 is 9.97. The minimum Gasteiger partial charge on any atom is -0.504 e. The average Bonchev–Trinajstić information content (AvgIpc) is 2.64. The van der Waals surface area contributed by atoms with Crippen LogP contribution < -0.4 is 14.9 Å². The van der Waals surface area contributed by atoms with Crippen LogP contribution in [0.4, 0.5) is 5.69 Å². The number of hydrogen-bond donors (Lipinski definition) is 2. The van der Waals surface area contributed by atoms with Crippen LogP contribution in [0.2, 0.25) is 5.02 Å². The first-order valence-corrected chi connectivity index (χ1v) is 7.93. The van der Waals surface area contributed by atoms with E-state index in [1.54, 1.807) is 18.2 Å². The van der Waals surface area contributed by atoms with Crippen LogP contribution in [0.1, 0.15) is 11.1 Å². The van der Waals surface area contributed by atoms with Crippen molar-refractivity contribution in [3.8, 4) is 17.2 Å². The van der Waals surface area contributed by atoms with Crippen LogP contribution in [0.3, 0.4) is 0 Å². The van der Waals surface area contributed by atoms with Crippen molar-refractivity contribution in [3.63, 3.8) is 0 Å². The van der Waals surface area contributed by atoms with Gasteiger partial charge in [0, 0.05) is 16.7 Å². The number of phenols is 1. The van der Waals surface area contributed by atoms with Crippen molar-refractivity contribution in [2.75, 3.05) is 14.2 Å². The normalized spacial score (nSPS) is 10.6. The van der Waals surface area contributed by atoms with Gasteiger partial charge in [0.1, 0.15) is 5.75 Å². The van der Waals surface area contributed by atoms with Gasteiger partial charge in [-0.1, -0.05) is 11.6 Å². The molecule has 0 aliphatic carbocycles. The molecule has 0 unspecified atom stereocenters. The SMILES string of the molecule is COc1ccc(Cl)c(CC(=O)N/N=C/c2cc([N+](=O)[O-])cc(OC)c2O)c1. The first-order chi connectivity index (χ1) is 12.8. The Labute approximate surface area is 159 Å². The zero-order valence-corrected chi connectivity index (χ0v) is 15.2. The van der Waals surface area contributed by atoms with Crippen LogP contribution >= 0.6 is 11.6 Å². The van der Waals surface area contributed by atoms with Crippen molar-refractivity contribution in [1.82, 2.24) is 5.43 Å². The molecular weight excluding hydrogens is 378 g/mol. The third kappa shape index (κ3) is 5.08. The van der Waals surface area contributed by atoms with Crippen LogP contribution in [0.15, 0.2) is 35.4 Å². The lowest BCUT2D eigenvalue weighted by molar-refractivity contribution is -0.385. The number of nitrogens with zero attached hydrogens (tertiary/aromatic N) is 2. The van der Waals surface area contributed by atoms with Gasteiger partial charge in [-0.15, -0.1) is 0 Å². The maximum absolute atomic E-state index is 12.0. The number of hydrogen-bond acceptors (Lipinski definition) is 7. The molecule has 1 amide bonds. The van der Waals surface area contributed by atoms with Crippen LogP contribution in [0, 0.1) is 10.1 Å². The summed E-state index contributed by atoms with van der Waals surface area (Å²) in [7, 11) is 2.76. The lowest BCUT2D eigenvalue weighted by Crippen LogP contribution is -2.20. The monoisotopic (exact) mass is 393 g/mol. The summed E-state index contributed by atoms with van der Waals surface area (Å²) in [5, 5.41) is 25.0. The molecule has 9 nitrogen and oxygen atoms in total. The van der Waals surface area contributed by atoms with Crippen molar-refractivity contribution in [3.05, 3.63) is 56.6 Å². The van der Waals surface area contributed by atoms with Gasteiger partial charge in [0.05, 0.1) is 37.8 Å². The quantitative estimate of drug-likeness (QED) is 0.423. The second-order valence-electron chi connectivity index (χ2n) is 5.27. The standard InChI is InChI=1S/C17H16ClN3O6/c1-26-13-3-4-14(18)10(6-13)7-16(22)20-19-9-11-5-12(21(24)25)8-15(27-2)17(11)23/h3-6,8-9,23H,7H2,1-2H3,(H,20,22)/b19-9+. The highest BCUT2D eigenvalue weighted by Crippen LogP contribution is 2.33. The molecule has 142 valence electrons. The number of aromatic hydroxyl groups is 1. The van der Waals surface area contributed by atoms with Crippen molar-refractivity contribution in [1.29, 1.82) is 0 Å². The molecule has 2 aromatic carbocycles. The largest absolute Gasteiger partial charge is 0.504 e. The Hall–Kier alpha value is -3.33. The predicted octanol–water partition coefficient (Wildman–Crippen LogP) is 2.66. The van der Waals surface area contributed by atoms with E-state index < -0.39 is 10.8 Å². The summed E-state index contributed by atoms with van der Waals surface area (Å²) in [6.45, 7) is 0. The Morgan fingerprint density at radius 3 is 2.70 bits per heavy atom. The first-order valence-electron chi connectivity index (χ1n) is 7.55. The Morgan fingerprint density at radius 1 is 1.33 bits per heavy atom. The molecule has 0 bridgehead atoms. The number of nitrogens with one attached hydrogen (secondary N) is 1. The number of halogens is 1. The summed E-state index contributed by atoms with van der Waals surface area (Å²) in [6, 6.07) is 7.09. The number of nitro groups is 1. The highest BCUT2D eigenvalue weighted by molar-refractivity contribution is 6.31. The lowest BCUT2D eigenvalue weighted by atomic mass is 10.1. The van der Waals surface area contributed by atoms with Gasteiger partial charge in [-0.2, -0.15) is 5.10 Å². The van der Waals surface area contributed by atoms with E-state index in [1.807, 2.05) is 0 Å². The third-order valence-corrected chi connectivity index (χ3v) is 3.89. The molecule has 10 heteroatoms. The maximum Gasteiger partial charge on any atom is 0.274 e. The minimum atomic E-state index is -0.636. The molecule has 0 fully saturated rings. The molecular formula is C17H16ClN3O6. The molecule has 0 spiro atoms. The van der Waals surface area contributed by atoms with E-state index in [0.29, 0.717) is 16.3 Å². The van der Waals surface area contributed by atoms with Crippen molar-refractivity contribution >= 4 is 29.4 Å². The van der Waals surface area contributed by atoms with E-state index in [1.165, 1.54) is 14.2 Å². The molecule has 2 aromatic rings. The van der Waals surface area contributed by atoms with Gasteiger partial charge in [0.25, 0.3) is 5.69 Å². The Kier molecular flexibility index (Phi) is 6.56. The van der Waals surface area contributed by atoms with Crippen LogP contribution in [-0.4, -0.2) is 36.4 Å². The molecule has 2 N–H and O–H groups in total. The number of hydrazone groups is 1. The number of ether oxygens (including phenoxy) is 2. The summed E-state index contributed by atoms with van der Waals surface area (Å²) >= 11 is 6.04. The summed E-state index contributed by atoms with van der Waals surface area (Å²) in [5.41, 5.74) is 2.54. The van der Waals surface area contributed by atoms with Gasteiger partial charge >= 0.3 is 0 Å².